The van der Waals surface area contributed by atoms with Crippen LogP contribution in [0.15, 0.2) is 3.79 Å². The zero-order valence-electron chi connectivity index (χ0n) is 7.37. The van der Waals surface area contributed by atoms with Gasteiger partial charge in [0.05, 0.1) is 9.48 Å². The molecule has 0 aliphatic heterocycles. The number of carbonyl (C=O) groups is 1. The molecule has 3 nitrogen and oxygen atoms in total. The van der Waals surface area contributed by atoms with Crippen molar-refractivity contribution in [2.24, 2.45) is 0 Å². The summed E-state index contributed by atoms with van der Waals surface area (Å²) in [6.07, 6.45) is 0.960. The van der Waals surface area contributed by atoms with Gasteiger partial charge in [0.1, 0.15) is 0 Å². The highest BCUT2D eigenvalue weighted by Gasteiger charge is 2.17. The summed E-state index contributed by atoms with van der Waals surface area (Å²) >= 11 is 4.49. The van der Waals surface area contributed by atoms with E-state index in [2.05, 4.69) is 27.8 Å². The highest BCUT2D eigenvalue weighted by atomic mass is 79.9. The molecule has 0 amide bonds. The van der Waals surface area contributed by atoms with E-state index < -0.39 is 5.97 Å². The van der Waals surface area contributed by atoms with Crippen LogP contribution in [0.3, 0.4) is 0 Å². The van der Waals surface area contributed by atoms with Crippen molar-refractivity contribution >= 4 is 33.2 Å². The minimum Gasteiger partial charge on any atom is -0.476 e. The molecular weight excluding hydrogens is 254 g/mol. The van der Waals surface area contributed by atoms with Gasteiger partial charge in [0.2, 0.25) is 5.01 Å². The molecule has 0 aliphatic carbocycles. The Balaban J connectivity index is 3.02. The van der Waals surface area contributed by atoms with Crippen LogP contribution in [0.25, 0.3) is 0 Å². The third-order valence-electron chi connectivity index (χ3n) is 1.87. The molecule has 72 valence electrons. The lowest BCUT2D eigenvalue weighted by Gasteiger charge is -2.03. The van der Waals surface area contributed by atoms with Gasteiger partial charge in [0.25, 0.3) is 0 Å². The summed E-state index contributed by atoms with van der Waals surface area (Å²) in [4.78, 5) is 14.7. The van der Waals surface area contributed by atoms with Gasteiger partial charge >= 0.3 is 5.97 Å². The maximum absolute atomic E-state index is 10.6. The van der Waals surface area contributed by atoms with E-state index in [1.54, 1.807) is 0 Å². The van der Waals surface area contributed by atoms with E-state index in [0.717, 1.165) is 15.9 Å². The van der Waals surface area contributed by atoms with Crippen LogP contribution in [0.2, 0.25) is 0 Å². The Morgan fingerprint density at radius 2 is 2.38 bits per heavy atom. The predicted molar refractivity (Wildman–Crippen MR) is 55.5 cm³/mol. The second-order valence-electron chi connectivity index (χ2n) is 2.79. The Morgan fingerprint density at radius 3 is 2.77 bits per heavy atom. The number of hydrogen-bond donors (Lipinski definition) is 1. The molecule has 0 bridgehead atoms. The topological polar surface area (TPSA) is 50.2 Å². The molecule has 0 saturated carbocycles. The van der Waals surface area contributed by atoms with Crippen molar-refractivity contribution in [2.75, 3.05) is 0 Å². The van der Waals surface area contributed by atoms with E-state index in [1.807, 2.05) is 6.92 Å². The molecule has 1 aromatic rings. The Bertz CT molecular complexity index is 324. The molecule has 1 atom stereocenters. The number of carboxylic acid groups (broad SMARTS) is 1. The number of halogens is 1. The molecule has 0 aliphatic rings. The average molecular weight is 264 g/mol. The van der Waals surface area contributed by atoms with Crippen LogP contribution in [0, 0.1) is 0 Å². The van der Waals surface area contributed by atoms with Crippen molar-refractivity contribution < 1.29 is 9.90 Å². The maximum Gasteiger partial charge on any atom is 0.365 e. The molecule has 0 saturated heterocycles. The molecule has 13 heavy (non-hydrogen) atoms. The first-order valence-corrected chi connectivity index (χ1v) is 5.56. The van der Waals surface area contributed by atoms with E-state index in [4.69, 9.17) is 5.11 Å². The van der Waals surface area contributed by atoms with Crippen molar-refractivity contribution in [1.29, 1.82) is 0 Å². The third-order valence-corrected chi connectivity index (χ3v) is 3.61. The number of nitrogens with zero attached hydrogens (tertiary/aromatic N) is 1. The number of aromatic carboxylic acids is 1. The number of carboxylic acids is 1. The van der Waals surface area contributed by atoms with E-state index in [9.17, 15) is 4.79 Å². The smallest absolute Gasteiger partial charge is 0.365 e. The largest absolute Gasteiger partial charge is 0.476 e. The maximum atomic E-state index is 10.6. The average Bonchev–Trinajstić information content (AvgIpc) is 2.46. The van der Waals surface area contributed by atoms with Gasteiger partial charge in [-0.1, -0.05) is 25.2 Å². The number of thiazole rings is 1. The molecule has 0 aromatic carbocycles. The van der Waals surface area contributed by atoms with Crippen LogP contribution in [0.4, 0.5) is 0 Å². The summed E-state index contributed by atoms with van der Waals surface area (Å²) in [6.45, 7) is 4.09. The summed E-state index contributed by atoms with van der Waals surface area (Å²) < 4.78 is 0.833. The van der Waals surface area contributed by atoms with Gasteiger partial charge in [-0.25, -0.2) is 9.78 Å². The van der Waals surface area contributed by atoms with Gasteiger partial charge in [-0.05, 0) is 22.4 Å². The molecule has 1 N–H and O–H groups in total. The van der Waals surface area contributed by atoms with Crippen LogP contribution in [-0.2, 0) is 0 Å². The fourth-order valence-corrected chi connectivity index (χ4v) is 2.59. The van der Waals surface area contributed by atoms with Gasteiger partial charge in [-0.2, -0.15) is 0 Å². The lowest BCUT2D eigenvalue weighted by Crippen LogP contribution is -1.97. The van der Waals surface area contributed by atoms with Crippen molar-refractivity contribution in [3.63, 3.8) is 0 Å². The molecule has 1 rings (SSSR count). The molecule has 1 unspecified atom stereocenters. The summed E-state index contributed by atoms with van der Waals surface area (Å²) in [5.74, 6) is -0.654. The van der Waals surface area contributed by atoms with Crippen molar-refractivity contribution in [3.05, 3.63) is 14.5 Å². The van der Waals surface area contributed by atoms with Crippen molar-refractivity contribution in [1.82, 2.24) is 4.98 Å². The van der Waals surface area contributed by atoms with Crippen LogP contribution in [0.1, 0.15) is 41.7 Å². The van der Waals surface area contributed by atoms with Gasteiger partial charge in [0.15, 0.2) is 0 Å². The molecule has 1 heterocycles. The Hall–Kier alpha value is -0.420. The lowest BCUT2D eigenvalue weighted by atomic mass is 10.1. The van der Waals surface area contributed by atoms with E-state index >= 15 is 0 Å². The fourth-order valence-electron chi connectivity index (χ4n) is 0.902. The molecule has 5 heteroatoms. The number of hydrogen-bond acceptors (Lipinski definition) is 3. The highest BCUT2D eigenvalue weighted by molar-refractivity contribution is 9.11. The SMILES string of the molecule is CCC(C)c1nc(C(=O)O)sc1Br. The van der Waals surface area contributed by atoms with Gasteiger partial charge in [0, 0.05) is 5.92 Å². The third kappa shape index (κ3) is 2.28. The van der Waals surface area contributed by atoms with Gasteiger partial charge in [-0.15, -0.1) is 0 Å². The standard InChI is InChI=1S/C8H10BrNO2S/c1-3-4(2)5-6(9)13-7(10-5)8(11)12/h4H,3H2,1-2H3,(H,11,12). The van der Waals surface area contributed by atoms with E-state index in [0.29, 0.717) is 5.92 Å². The number of rotatable bonds is 3. The van der Waals surface area contributed by atoms with Crippen LogP contribution >= 0.6 is 27.3 Å². The predicted octanol–water partition coefficient (Wildman–Crippen LogP) is 3.12. The van der Waals surface area contributed by atoms with Crippen LogP contribution in [0.5, 0.6) is 0 Å². The minimum atomic E-state index is -0.958. The van der Waals surface area contributed by atoms with Gasteiger partial charge < -0.3 is 5.11 Å². The summed E-state index contributed by atoms with van der Waals surface area (Å²) in [5, 5.41) is 8.86. The highest BCUT2D eigenvalue weighted by Crippen LogP contribution is 2.31. The molecule has 0 fully saturated rings. The first-order valence-electron chi connectivity index (χ1n) is 3.95. The minimum absolute atomic E-state index is 0.155. The monoisotopic (exact) mass is 263 g/mol. The summed E-state index contributed by atoms with van der Waals surface area (Å²) in [5.41, 5.74) is 0.852. The Labute approximate surface area is 88.9 Å². The Morgan fingerprint density at radius 1 is 1.77 bits per heavy atom. The molecular formula is C8H10BrNO2S. The zero-order chi connectivity index (χ0) is 10.0. The normalized spacial score (nSPS) is 12.8. The van der Waals surface area contributed by atoms with E-state index in [1.165, 1.54) is 11.3 Å². The summed E-state index contributed by atoms with van der Waals surface area (Å²) in [6, 6.07) is 0. The molecule has 0 radical (unpaired) electrons. The van der Waals surface area contributed by atoms with Crippen molar-refractivity contribution in [2.45, 2.75) is 26.2 Å². The zero-order valence-corrected chi connectivity index (χ0v) is 9.78. The van der Waals surface area contributed by atoms with Crippen molar-refractivity contribution in [3.8, 4) is 0 Å². The van der Waals surface area contributed by atoms with Gasteiger partial charge in [-0.3, -0.25) is 0 Å². The van der Waals surface area contributed by atoms with Crippen LogP contribution < -0.4 is 0 Å². The quantitative estimate of drug-likeness (QED) is 0.912. The second kappa shape index (κ2) is 4.19. The van der Waals surface area contributed by atoms with E-state index in [-0.39, 0.29) is 5.01 Å². The first kappa shape index (κ1) is 10.7. The first-order chi connectivity index (χ1) is 6.06. The fraction of sp³-hybridized carbons (Fsp3) is 0.500. The Kier molecular flexibility index (Phi) is 3.44. The molecule has 0 spiro atoms. The lowest BCUT2D eigenvalue weighted by molar-refractivity contribution is 0.0696. The summed E-state index contributed by atoms with van der Waals surface area (Å²) in [7, 11) is 0. The molecule has 1 aromatic heterocycles. The second-order valence-corrected chi connectivity index (χ2v) is 5.11. The van der Waals surface area contributed by atoms with Crippen LogP contribution in [-0.4, -0.2) is 16.1 Å². The number of aromatic nitrogens is 1.